The first-order valence-corrected chi connectivity index (χ1v) is 7.77. The molecule has 2 heterocycles. The van der Waals surface area contributed by atoms with E-state index in [0.29, 0.717) is 27.6 Å². The van der Waals surface area contributed by atoms with Crippen LogP contribution in [0, 0.1) is 12.7 Å². The number of carbonyl (C=O) groups is 1. The number of ketones is 1. The Morgan fingerprint density at radius 3 is 2.60 bits per heavy atom. The van der Waals surface area contributed by atoms with E-state index < -0.39 is 5.82 Å². The van der Waals surface area contributed by atoms with Crippen LogP contribution in [0.1, 0.15) is 21.6 Å². The van der Waals surface area contributed by atoms with Crippen molar-refractivity contribution in [1.29, 1.82) is 0 Å². The summed E-state index contributed by atoms with van der Waals surface area (Å²) in [6, 6.07) is 5.95. The summed E-state index contributed by atoms with van der Waals surface area (Å²) >= 11 is 6.06. The Labute approximate surface area is 148 Å². The van der Waals surface area contributed by atoms with Gasteiger partial charge in [0.2, 0.25) is 0 Å². The van der Waals surface area contributed by atoms with Crippen LogP contribution in [0.2, 0.25) is 5.02 Å². The highest BCUT2D eigenvalue weighted by molar-refractivity contribution is 6.31. The lowest BCUT2D eigenvalue weighted by molar-refractivity contribution is 0.0990. The number of nitrogens with zero attached hydrogens (tertiary/aromatic N) is 3. The molecule has 3 rings (SSSR count). The zero-order valence-corrected chi connectivity index (χ0v) is 14.0. The number of ether oxygens (including phenoxy) is 1. The summed E-state index contributed by atoms with van der Waals surface area (Å²) in [5.41, 5.74) is 1.09. The lowest BCUT2D eigenvalue weighted by Crippen LogP contribution is -2.07. The molecule has 0 unspecified atom stereocenters. The van der Waals surface area contributed by atoms with Gasteiger partial charge in [-0.05, 0) is 36.8 Å². The fourth-order valence-corrected chi connectivity index (χ4v) is 2.43. The number of halogens is 2. The van der Waals surface area contributed by atoms with Gasteiger partial charge in [0.15, 0.2) is 11.5 Å². The molecule has 0 atom stereocenters. The van der Waals surface area contributed by atoms with Gasteiger partial charge in [-0.15, -0.1) is 0 Å². The molecule has 25 heavy (non-hydrogen) atoms. The maximum absolute atomic E-state index is 13.9. The van der Waals surface area contributed by atoms with E-state index in [1.54, 1.807) is 13.0 Å². The lowest BCUT2D eigenvalue weighted by Gasteiger charge is -2.08. The Bertz CT molecular complexity index is 919. The van der Waals surface area contributed by atoms with Gasteiger partial charge in [-0.1, -0.05) is 11.6 Å². The number of carbonyl (C=O) groups excluding carboxylic acids is 1. The highest BCUT2D eigenvalue weighted by atomic mass is 35.5. The molecule has 0 spiro atoms. The summed E-state index contributed by atoms with van der Waals surface area (Å²) in [5, 5.41) is 0.329. The fourth-order valence-electron chi connectivity index (χ4n) is 2.20. The molecule has 0 saturated carbocycles. The molecule has 0 aliphatic heterocycles. The van der Waals surface area contributed by atoms with Crippen LogP contribution in [0.25, 0.3) is 0 Å². The maximum atomic E-state index is 13.9. The SMILES string of the molecule is Cc1cnc(CC(=O)c2cc(Cl)cc(Oc3cncnc3)c2)c(F)c1. The molecular formula is C18H13ClFN3O2. The van der Waals surface area contributed by atoms with E-state index in [-0.39, 0.29) is 17.9 Å². The number of aromatic nitrogens is 3. The van der Waals surface area contributed by atoms with Gasteiger partial charge in [0.05, 0.1) is 24.5 Å². The maximum Gasteiger partial charge on any atom is 0.169 e. The monoisotopic (exact) mass is 357 g/mol. The minimum Gasteiger partial charge on any atom is -0.454 e. The number of rotatable bonds is 5. The van der Waals surface area contributed by atoms with Crippen molar-refractivity contribution in [3.63, 3.8) is 0 Å². The van der Waals surface area contributed by atoms with Crippen molar-refractivity contribution in [1.82, 2.24) is 15.0 Å². The fraction of sp³-hybridized carbons (Fsp3) is 0.111. The third-order valence-electron chi connectivity index (χ3n) is 3.35. The molecule has 5 nitrogen and oxygen atoms in total. The van der Waals surface area contributed by atoms with Gasteiger partial charge >= 0.3 is 0 Å². The van der Waals surface area contributed by atoms with E-state index in [4.69, 9.17) is 16.3 Å². The van der Waals surface area contributed by atoms with Crippen LogP contribution < -0.4 is 4.74 Å². The lowest BCUT2D eigenvalue weighted by atomic mass is 10.1. The number of hydrogen-bond acceptors (Lipinski definition) is 5. The van der Waals surface area contributed by atoms with Crippen molar-refractivity contribution in [2.75, 3.05) is 0 Å². The quantitative estimate of drug-likeness (QED) is 0.640. The summed E-state index contributed by atoms with van der Waals surface area (Å²) in [6.07, 6.45) is 5.71. The van der Waals surface area contributed by atoms with Gasteiger partial charge in [-0.2, -0.15) is 0 Å². The van der Waals surface area contributed by atoms with Gasteiger partial charge in [0.1, 0.15) is 17.9 Å². The first kappa shape index (κ1) is 17.0. The molecule has 7 heteroatoms. The molecule has 1 aromatic carbocycles. The second-order valence-electron chi connectivity index (χ2n) is 5.39. The topological polar surface area (TPSA) is 65.0 Å². The van der Waals surface area contributed by atoms with Crippen LogP contribution >= 0.6 is 11.6 Å². The van der Waals surface area contributed by atoms with E-state index in [0.717, 1.165) is 0 Å². The smallest absolute Gasteiger partial charge is 0.169 e. The summed E-state index contributed by atoms with van der Waals surface area (Å²) in [4.78, 5) is 24.1. The Morgan fingerprint density at radius 2 is 1.88 bits per heavy atom. The molecule has 2 aromatic heterocycles. The molecule has 0 amide bonds. The Hall–Kier alpha value is -2.86. The van der Waals surface area contributed by atoms with Gasteiger partial charge in [0, 0.05) is 16.8 Å². The average molecular weight is 358 g/mol. The van der Waals surface area contributed by atoms with Gasteiger partial charge in [-0.3, -0.25) is 9.78 Å². The van der Waals surface area contributed by atoms with Gasteiger partial charge in [0.25, 0.3) is 0 Å². The standard InChI is InChI=1S/C18H13ClFN3O2/c1-11-2-16(20)17(23-7-11)6-18(24)12-3-13(19)5-14(4-12)25-15-8-21-10-22-9-15/h2-5,7-10H,6H2,1H3. The first-order valence-electron chi connectivity index (χ1n) is 7.39. The predicted molar refractivity (Wildman–Crippen MR) is 90.5 cm³/mol. The van der Waals surface area contributed by atoms with Crippen LogP contribution in [0.4, 0.5) is 4.39 Å². The zero-order valence-electron chi connectivity index (χ0n) is 13.2. The molecule has 0 N–H and O–H groups in total. The molecule has 0 aliphatic carbocycles. The summed E-state index contributed by atoms with van der Waals surface area (Å²) in [7, 11) is 0. The minimum atomic E-state index is -0.506. The molecule has 0 saturated heterocycles. The molecule has 0 fully saturated rings. The number of benzene rings is 1. The Morgan fingerprint density at radius 1 is 1.12 bits per heavy atom. The molecule has 3 aromatic rings. The van der Waals surface area contributed by atoms with Crippen LogP contribution in [-0.4, -0.2) is 20.7 Å². The predicted octanol–water partition coefficient (Wildman–Crippen LogP) is 4.19. The summed E-state index contributed by atoms with van der Waals surface area (Å²) in [6.45, 7) is 1.73. The third kappa shape index (κ3) is 4.36. The Balaban J connectivity index is 1.82. The number of aryl methyl sites for hydroxylation is 1. The minimum absolute atomic E-state index is 0.0921. The van der Waals surface area contributed by atoms with Crippen molar-refractivity contribution in [3.8, 4) is 11.5 Å². The first-order chi connectivity index (χ1) is 12.0. The second kappa shape index (κ2) is 7.36. The highest BCUT2D eigenvalue weighted by Gasteiger charge is 2.14. The molecule has 126 valence electrons. The molecule has 0 bridgehead atoms. The highest BCUT2D eigenvalue weighted by Crippen LogP contribution is 2.26. The van der Waals surface area contributed by atoms with E-state index in [1.807, 2.05) is 0 Å². The molecular weight excluding hydrogens is 345 g/mol. The normalized spacial score (nSPS) is 10.5. The Kier molecular flexibility index (Phi) is 5.00. The number of Topliss-reactive ketones (excluding diaryl/α,β-unsaturated/α-hetero) is 1. The van der Waals surface area contributed by atoms with E-state index in [2.05, 4.69) is 15.0 Å². The van der Waals surface area contributed by atoms with Gasteiger partial charge < -0.3 is 4.74 Å². The van der Waals surface area contributed by atoms with Crippen molar-refractivity contribution < 1.29 is 13.9 Å². The second-order valence-corrected chi connectivity index (χ2v) is 5.83. The van der Waals surface area contributed by atoms with Crippen LogP contribution in [0.15, 0.2) is 49.2 Å². The molecule has 0 radical (unpaired) electrons. The van der Waals surface area contributed by atoms with Crippen molar-refractivity contribution in [2.24, 2.45) is 0 Å². The third-order valence-corrected chi connectivity index (χ3v) is 3.57. The zero-order chi connectivity index (χ0) is 17.8. The van der Waals surface area contributed by atoms with Crippen molar-refractivity contribution in [2.45, 2.75) is 13.3 Å². The van der Waals surface area contributed by atoms with Crippen molar-refractivity contribution in [3.05, 3.63) is 76.8 Å². The van der Waals surface area contributed by atoms with Crippen molar-refractivity contribution >= 4 is 17.4 Å². The average Bonchev–Trinajstić information content (AvgIpc) is 2.57. The number of pyridine rings is 1. The van der Waals surface area contributed by atoms with E-state index in [1.165, 1.54) is 43.1 Å². The molecule has 0 aliphatic rings. The van der Waals surface area contributed by atoms with Crippen LogP contribution in [0.3, 0.4) is 0 Å². The van der Waals surface area contributed by atoms with E-state index >= 15 is 0 Å². The van der Waals surface area contributed by atoms with Gasteiger partial charge in [-0.25, -0.2) is 14.4 Å². The largest absolute Gasteiger partial charge is 0.454 e. The summed E-state index contributed by atoms with van der Waals surface area (Å²) in [5.74, 6) is -0.0439. The van der Waals surface area contributed by atoms with Crippen LogP contribution in [0.5, 0.6) is 11.5 Å². The van der Waals surface area contributed by atoms with E-state index in [9.17, 15) is 9.18 Å². The summed E-state index contributed by atoms with van der Waals surface area (Å²) < 4.78 is 19.5. The van der Waals surface area contributed by atoms with Crippen LogP contribution in [-0.2, 0) is 6.42 Å². The number of hydrogen-bond donors (Lipinski definition) is 0.